The first-order valence-electron chi connectivity index (χ1n) is 13.4. The topological polar surface area (TPSA) is 93.8 Å². The van der Waals surface area contributed by atoms with Crippen molar-refractivity contribution in [2.45, 2.75) is 57.0 Å². The van der Waals surface area contributed by atoms with Gasteiger partial charge in [-0.25, -0.2) is 0 Å². The summed E-state index contributed by atoms with van der Waals surface area (Å²) in [7, 11) is -0.197. The number of benzene rings is 3. The van der Waals surface area contributed by atoms with E-state index in [9.17, 15) is 9.90 Å². The minimum Gasteiger partial charge on any atom is -0.497 e. The molecule has 0 spiro atoms. The standard InChI is InChI=1S/C31H40N2O4Si/c1-21-28(37-29(19-20-34)30(21)38(3,4)27-16-14-26(36-2)15-17-27)18-7-22-5-12-25(13-6-22)33-31(35)23-8-10-24(32)11-9-23/h5-6,8-17,21,28-30,34H,7,18-20,32H2,1-4H3,(H,33,35)/t21-,28+,29-,30+/m1/s1. The summed E-state index contributed by atoms with van der Waals surface area (Å²) in [6.45, 7) is 7.30. The lowest BCUT2D eigenvalue weighted by molar-refractivity contribution is 0.0196. The summed E-state index contributed by atoms with van der Waals surface area (Å²) in [6, 6.07) is 23.4. The normalized spacial score (nSPS) is 21.3. The smallest absolute Gasteiger partial charge is 0.255 e. The molecule has 3 aromatic rings. The van der Waals surface area contributed by atoms with E-state index in [0.717, 1.165) is 24.3 Å². The summed E-state index contributed by atoms with van der Waals surface area (Å²) in [4.78, 5) is 12.5. The van der Waals surface area contributed by atoms with Gasteiger partial charge in [0.05, 0.1) is 27.4 Å². The number of aliphatic hydroxyl groups is 1. The average Bonchev–Trinajstić information content (AvgIpc) is 3.24. The molecule has 4 N–H and O–H groups in total. The zero-order valence-electron chi connectivity index (χ0n) is 22.8. The van der Waals surface area contributed by atoms with Crippen LogP contribution in [0.1, 0.15) is 35.7 Å². The number of nitrogens with two attached hydrogens (primary N) is 1. The number of anilines is 2. The average molecular weight is 533 g/mol. The van der Waals surface area contributed by atoms with Crippen molar-refractivity contribution in [3.8, 4) is 5.75 Å². The van der Waals surface area contributed by atoms with Crippen molar-refractivity contribution < 1.29 is 19.4 Å². The summed E-state index contributed by atoms with van der Waals surface area (Å²) in [6.07, 6.45) is 2.69. The summed E-state index contributed by atoms with van der Waals surface area (Å²) in [5, 5.41) is 14.1. The third-order valence-electron chi connectivity index (χ3n) is 8.09. The molecule has 202 valence electrons. The predicted octanol–water partition coefficient (Wildman–Crippen LogP) is 5.23. The van der Waals surface area contributed by atoms with Gasteiger partial charge in [-0.1, -0.05) is 49.5 Å². The van der Waals surface area contributed by atoms with Crippen LogP contribution in [0.15, 0.2) is 72.8 Å². The number of amides is 1. The first-order valence-corrected chi connectivity index (χ1v) is 16.5. The highest BCUT2D eigenvalue weighted by Gasteiger charge is 2.50. The van der Waals surface area contributed by atoms with Crippen molar-refractivity contribution in [3.63, 3.8) is 0 Å². The molecule has 1 heterocycles. The fraction of sp³-hybridized carbons (Fsp3) is 0.387. The SMILES string of the molecule is COc1ccc([Si](C)(C)[C@H]2[C@H](C)[C@H](CCc3ccc(NC(=O)c4ccc(N)cc4)cc3)O[C@@H]2CCO)cc1. The number of rotatable bonds is 10. The van der Waals surface area contributed by atoms with Gasteiger partial charge < -0.3 is 25.6 Å². The molecule has 0 unspecified atom stereocenters. The Kier molecular flexibility index (Phi) is 8.92. The second-order valence-corrected chi connectivity index (χ2v) is 15.6. The molecule has 0 bridgehead atoms. The van der Waals surface area contributed by atoms with Gasteiger partial charge in [0.2, 0.25) is 0 Å². The minimum absolute atomic E-state index is 0.0645. The second-order valence-electron chi connectivity index (χ2n) is 10.9. The second kappa shape index (κ2) is 12.2. The molecule has 1 amide bonds. The number of hydrogen-bond donors (Lipinski definition) is 3. The number of nitrogen functional groups attached to an aromatic ring is 1. The van der Waals surface area contributed by atoms with Crippen LogP contribution in [-0.2, 0) is 11.2 Å². The summed E-state index contributed by atoms with van der Waals surface area (Å²) >= 11 is 0. The Hall–Kier alpha value is -3.13. The molecule has 3 aromatic carbocycles. The summed E-state index contributed by atoms with van der Waals surface area (Å²) in [5.41, 5.74) is 9.30. The van der Waals surface area contributed by atoms with E-state index >= 15 is 0 Å². The predicted molar refractivity (Wildman–Crippen MR) is 157 cm³/mol. The Morgan fingerprint density at radius 3 is 2.24 bits per heavy atom. The number of methoxy groups -OCH3 is 1. The molecule has 1 aliphatic heterocycles. The Morgan fingerprint density at radius 2 is 1.63 bits per heavy atom. The lowest BCUT2D eigenvalue weighted by Gasteiger charge is -2.36. The van der Waals surface area contributed by atoms with E-state index in [4.69, 9.17) is 15.2 Å². The van der Waals surface area contributed by atoms with Crippen molar-refractivity contribution in [2.24, 2.45) is 5.92 Å². The molecule has 4 rings (SSSR count). The third-order valence-corrected chi connectivity index (χ3v) is 12.5. The first kappa shape index (κ1) is 27.9. The maximum Gasteiger partial charge on any atom is 0.255 e. The largest absolute Gasteiger partial charge is 0.497 e. The van der Waals surface area contributed by atoms with Gasteiger partial charge in [-0.15, -0.1) is 0 Å². The molecule has 0 radical (unpaired) electrons. The minimum atomic E-state index is -1.89. The highest BCUT2D eigenvalue weighted by Crippen LogP contribution is 2.46. The van der Waals surface area contributed by atoms with E-state index in [0.29, 0.717) is 29.1 Å². The van der Waals surface area contributed by atoms with E-state index in [1.807, 2.05) is 24.3 Å². The van der Waals surface area contributed by atoms with E-state index in [-0.39, 0.29) is 24.7 Å². The van der Waals surface area contributed by atoms with E-state index in [1.165, 1.54) is 10.8 Å². The molecule has 4 atom stereocenters. The van der Waals surface area contributed by atoms with Crippen LogP contribution in [0, 0.1) is 5.92 Å². The molecule has 0 aromatic heterocycles. The number of aryl methyl sites for hydroxylation is 1. The first-order chi connectivity index (χ1) is 18.2. The third kappa shape index (κ3) is 6.29. The van der Waals surface area contributed by atoms with Gasteiger partial charge in [0, 0.05) is 23.5 Å². The summed E-state index contributed by atoms with van der Waals surface area (Å²) in [5.74, 6) is 1.11. The van der Waals surface area contributed by atoms with Crippen LogP contribution >= 0.6 is 0 Å². The molecular formula is C31H40N2O4Si. The number of ether oxygens (including phenoxy) is 2. The highest BCUT2D eigenvalue weighted by atomic mass is 28.3. The Labute approximate surface area is 227 Å². The molecule has 1 saturated heterocycles. The van der Waals surface area contributed by atoms with Crippen molar-refractivity contribution >= 4 is 30.5 Å². The van der Waals surface area contributed by atoms with Gasteiger partial charge in [-0.3, -0.25) is 4.79 Å². The van der Waals surface area contributed by atoms with Crippen molar-refractivity contribution in [1.82, 2.24) is 0 Å². The molecule has 0 saturated carbocycles. The lowest BCUT2D eigenvalue weighted by atomic mass is 9.95. The van der Waals surface area contributed by atoms with Crippen LogP contribution in [0.25, 0.3) is 0 Å². The monoisotopic (exact) mass is 532 g/mol. The van der Waals surface area contributed by atoms with Gasteiger partial charge in [-0.05, 0) is 84.8 Å². The molecular weight excluding hydrogens is 492 g/mol. The van der Waals surface area contributed by atoms with Crippen LogP contribution in [0.3, 0.4) is 0 Å². The van der Waals surface area contributed by atoms with E-state index in [2.05, 4.69) is 49.6 Å². The van der Waals surface area contributed by atoms with Gasteiger partial charge in [0.1, 0.15) is 5.75 Å². The van der Waals surface area contributed by atoms with Gasteiger partial charge in [0.25, 0.3) is 5.91 Å². The van der Waals surface area contributed by atoms with E-state index in [1.54, 1.807) is 31.4 Å². The fourth-order valence-corrected chi connectivity index (χ4v) is 10.1. The molecule has 7 heteroatoms. The highest BCUT2D eigenvalue weighted by molar-refractivity contribution is 6.91. The maximum absolute atomic E-state index is 12.5. The molecule has 0 aliphatic carbocycles. The Balaban J connectivity index is 1.39. The zero-order chi connectivity index (χ0) is 27.3. The van der Waals surface area contributed by atoms with Crippen molar-refractivity contribution in [2.75, 3.05) is 24.8 Å². The number of hydrogen-bond acceptors (Lipinski definition) is 5. The van der Waals surface area contributed by atoms with Gasteiger partial charge in [-0.2, -0.15) is 0 Å². The van der Waals surface area contributed by atoms with Crippen LogP contribution in [-0.4, -0.2) is 45.0 Å². The Morgan fingerprint density at radius 1 is 0.974 bits per heavy atom. The van der Waals surface area contributed by atoms with E-state index < -0.39 is 8.07 Å². The lowest BCUT2D eigenvalue weighted by Crippen LogP contribution is -2.50. The zero-order valence-corrected chi connectivity index (χ0v) is 23.8. The molecule has 1 fully saturated rings. The van der Waals surface area contributed by atoms with Gasteiger partial charge >= 0.3 is 0 Å². The van der Waals surface area contributed by atoms with Crippen LogP contribution < -0.4 is 21.0 Å². The van der Waals surface area contributed by atoms with Crippen LogP contribution in [0.2, 0.25) is 18.6 Å². The number of aliphatic hydroxyl groups excluding tert-OH is 1. The number of nitrogens with one attached hydrogen (secondary N) is 1. The Bertz CT molecular complexity index is 1200. The van der Waals surface area contributed by atoms with Crippen LogP contribution in [0.4, 0.5) is 11.4 Å². The fourth-order valence-electron chi connectivity index (χ4n) is 5.95. The summed E-state index contributed by atoms with van der Waals surface area (Å²) < 4.78 is 12.0. The molecule has 6 nitrogen and oxygen atoms in total. The molecule has 1 aliphatic rings. The van der Waals surface area contributed by atoms with Crippen molar-refractivity contribution in [3.05, 3.63) is 83.9 Å². The number of carbonyl (C=O) groups is 1. The number of carbonyl (C=O) groups excluding carboxylic acids is 1. The maximum atomic E-state index is 12.5. The van der Waals surface area contributed by atoms with Crippen molar-refractivity contribution in [1.29, 1.82) is 0 Å². The quantitative estimate of drug-likeness (QED) is 0.245. The van der Waals surface area contributed by atoms with Crippen LogP contribution in [0.5, 0.6) is 5.75 Å². The van der Waals surface area contributed by atoms with Gasteiger partial charge in [0.15, 0.2) is 0 Å². The molecule has 38 heavy (non-hydrogen) atoms.